The number of benzene rings is 2. The zero-order valence-corrected chi connectivity index (χ0v) is 15.5. The molecule has 1 amide bonds. The van der Waals surface area contributed by atoms with Crippen LogP contribution in [-0.2, 0) is 11.3 Å². The minimum atomic E-state index is -0.143. The van der Waals surface area contributed by atoms with Crippen molar-refractivity contribution in [2.24, 2.45) is 5.92 Å². The van der Waals surface area contributed by atoms with Gasteiger partial charge in [0.25, 0.3) is 0 Å². The number of rotatable bonds is 6. The predicted molar refractivity (Wildman–Crippen MR) is 105 cm³/mol. The topological polar surface area (TPSA) is 62.4 Å². The SMILES string of the molecule is O=C(NCc1ccccc1OC1CCCC1)C1CNNC1c1ccccc1. The Hall–Kier alpha value is -2.37. The number of hydrogen-bond donors (Lipinski definition) is 3. The van der Waals surface area contributed by atoms with Crippen molar-refractivity contribution >= 4 is 5.91 Å². The summed E-state index contributed by atoms with van der Waals surface area (Å²) in [6.07, 6.45) is 5.04. The first-order valence-corrected chi connectivity index (χ1v) is 9.87. The molecule has 27 heavy (non-hydrogen) atoms. The zero-order chi connectivity index (χ0) is 18.5. The van der Waals surface area contributed by atoms with Crippen molar-refractivity contribution in [1.82, 2.24) is 16.2 Å². The van der Waals surface area contributed by atoms with Crippen LogP contribution in [0.15, 0.2) is 54.6 Å². The molecule has 2 fully saturated rings. The van der Waals surface area contributed by atoms with Gasteiger partial charge in [-0.15, -0.1) is 0 Å². The van der Waals surface area contributed by atoms with Gasteiger partial charge in [0.2, 0.25) is 5.91 Å². The molecule has 0 radical (unpaired) electrons. The highest BCUT2D eigenvalue weighted by Gasteiger charge is 2.33. The molecule has 2 aromatic carbocycles. The zero-order valence-electron chi connectivity index (χ0n) is 15.5. The van der Waals surface area contributed by atoms with E-state index in [4.69, 9.17) is 4.74 Å². The average molecular weight is 365 g/mol. The number of ether oxygens (including phenoxy) is 1. The number of carbonyl (C=O) groups excluding carboxylic acids is 1. The Labute approximate surface area is 160 Å². The fourth-order valence-corrected chi connectivity index (χ4v) is 3.98. The minimum absolute atomic E-state index is 0.0174. The number of hydrogen-bond acceptors (Lipinski definition) is 4. The third-order valence-corrected chi connectivity index (χ3v) is 5.50. The lowest BCUT2D eigenvalue weighted by molar-refractivity contribution is -0.125. The summed E-state index contributed by atoms with van der Waals surface area (Å²) in [5.74, 6) is 0.805. The Morgan fingerprint density at radius 3 is 2.59 bits per heavy atom. The molecule has 1 aliphatic carbocycles. The van der Waals surface area contributed by atoms with E-state index in [1.54, 1.807) is 0 Å². The van der Waals surface area contributed by atoms with Crippen LogP contribution in [0, 0.1) is 5.92 Å². The number of nitrogens with one attached hydrogen (secondary N) is 3. The summed E-state index contributed by atoms with van der Waals surface area (Å²) in [4.78, 5) is 12.8. The van der Waals surface area contributed by atoms with Gasteiger partial charge < -0.3 is 10.1 Å². The smallest absolute Gasteiger partial charge is 0.226 e. The Bertz CT molecular complexity index is 759. The molecular formula is C22H27N3O2. The molecule has 5 heteroatoms. The molecule has 2 aliphatic rings. The number of carbonyl (C=O) groups is 1. The van der Waals surface area contributed by atoms with Crippen LogP contribution in [0.4, 0.5) is 0 Å². The average Bonchev–Trinajstić information content (AvgIpc) is 3.40. The summed E-state index contributed by atoms with van der Waals surface area (Å²) in [5, 5.41) is 3.11. The maximum Gasteiger partial charge on any atom is 0.226 e. The van der Waals surface area contributed by atoms with Crippen molar-refractivity contribution in [3.05, 3.63) is 65.7 Å². The van der Waals surface area contributed by atoms with Gasteiger partial charge in [0, 0.05) is 18.7 Å². The molecule has 1 aliphatic heterocycles. The highest BCUT2D eigenvalue weighted by Crippen LogP contribution is 2.27. The second-order valence-electron chi connectivity index (χ2n) is 7.37. The second-order valence-corrected chi connectivity index (χ2v) is 7.37. The Balaban J connectivity index is 1.39. The van der Waals surface area contributed by atoms with Crippen molar-refractivity contribution in [2.45, 2.75) is 44.4 Å². The van der Waals surface area contributed by atoms with Gasteiger partial charge >= 0.3 is 0 Å². The van der Waals surface area contributed by atoms with E-state index in [1.807, 2.05) is 42.5 Å². The molecule has 5 nitrogen and oxygen atoms in total. The van der Waals surface area contributed by atoms with Crippen molar-refractivity contribution in [3.8, 4) is 5.75 Å². The quantitative estimate of drug-likeness (QED) is 0.736. The van der Waals surface area contributed by atoms with Crippen LogP contribution < -0.4 is 20.9 Å². The molecule has 0 bridgehead atoms. The number of amides is 1. The van der Waals surface area contributed by atoms with E-state index < -0.39 is 0 Å². The maximum atomic E-state index is 12.8. The van der Waals surface area contributed by atoms with Gasteiger partial charge in [0.1, 0.15) is 5.75 Å². The molecule has 2 atom stereocenters. The van der Waals surface area contributed by atoms with E-state index >= 15 is 0 Å². The fraction of sp³-hybridized carbons (Fsp3) is 0.409. The second kappa shape index (κ2) is 8.55. The van der Waals surface area contributed by atoms with Crippen LogP contribution in [0.2, 0.25) is 0 Å². The summed E-state index contributed by atoms with van der Waals surface area (Å²) < 4.78 is 6.18. The van der Waals surface area contributed by atoms with Gasteiger partial charge in [0.05, 0.1) is 18.1 Å². The lowest BCUT2D eigenvalue weighted by Crippen LogP contribution is -2.34. The standard InChI is InChI=1S/C22H27N3O2/c26-22(19-15-24-25-21(19)16-8-2-1-3-9-16)23-14-17-10-4-7-13-20(17)27-18-11-5-6-12-18/h1-4,7-10,13,18-19,21,24-25H,5-6,11-12,14-15H2,(H,23,26). The van der Waals surface area contributed by atoms with Gasteiger partial charge in [-0.05, 0) is 37.3 Å². The van der Waals surface area contributed by atoms with Gasteiger partial charge in [-0.2, -0.15) is 0 Å². The third kappa shape index (κ3) is 4.31. The first-order valence-electron chi connectivity index (χ1n) is 9.87. The van der Waals surface area contributed by atoms with Crippen molar-refractivity contribution in [1.29, 1.82) is 0 Å². The molecule has 142 valence electrons. The largest absolute Gasteiger partial charge is 0.490 e. The summed E-state index contributed by atoms with van der Waals surface area (Å²) >= 11 is 0. The fourth-order valence-electron chi connectivity index (χ4n) is 3.98. The first kappa shape index (κ1) is 18.0. The van der Waals surface area contributed by atoms with Crippen LogP contribution in [0.3, 0.4) is 0 Å². The molecule has 0 aromatic heterocycles. The van der Waals surface area contributed by atoms with E-state index in [1.165, 1.54) is 12.8 Å². The van der Waals surface area contributed by atoms with Gasteiger partial charge in [0.15, 0.2) is 0 Å². The van der Waals surface area contributed by atoms with E-state index in [2.05, 4.69) is 28.3 Å². The van der Waals surface area contributed by atoms with E-state index in [9.17, 15) is 4.79 Å². The molecule has 1 saturated carbocycles. The van der Waals surface area contributed by atoms with Crippen molar-refractivity contribution in [3.63, 3.8) is 0 Å². The Kier molecular flexibility index (Phi) is 5.70. The Morgan fingerprint density at radius 1 is 1.04 bits per heavy atom. The monoisotopic (exact) mass is 365 g/mol. The van der Waals surface area contributed by atoms with Crippen molar-refractivity contribution < 1.29 is 9.53 Å². The number of para-hydroxylation sites is 1. The third-order valence-electron chi connectivity index (χ3n) is 5.50. The lowest BCUT2D eigenvalue weighted by atomic mass is 9.94. The van der Waals surface area contributed by atoms with Crippen LogP contribution in [0.25, 0.3) is 0 Å². The van der Waals surface area contributed by atoms with Gasteiger partial charge in [-0.1, -0.05) is 48.5 Å². The van der Waals surface area contributed by atoms with E-state index in [0.29, 0.717) is 19.2 Å². The highest BCUT2D eigenvalue weighted by atomic mass is 16.5. The summed E-state index contributed by atoms with van der Waals surface area (Å²) in [5.41, 5.74) is 8.50. The summed E-state index contributed by atoms with van der Waals surface area (Å²) in [7, 11) is 0. The predicted octanol–water partition coefficient (Wildman–Crippen LogP) is 3.09. The number of hydrazine groups is 1. The summed E-state index contributed by atoms with van der Waals surface area (Å²) in [6.45, 7) is 1.10. The molecule has 2 unspecified atom stereocenters. The first-order chi connectivity index (χ1) is 13.3. The summed E-state index contributed by atoms with van der Waals surface area (Å²) in [6, 6.07) is 18.1. The molecule has 2 aromatic rings. The van der Waals surface area contributed by atoms with E-state index in [-0.39, 0.29) is 17.9 Å². The van der Waals surface area contributed by atoms with Crippen LogP contribution in [0.1, 0.15) is 42.9 Å². The molecule has 3 N–H and O–H groups in total. The Morgan fingerprint density at radius 2 is 1.78 bits per heavy atom. The molecule has 1 heterocycles. The van der Waals surface area contributed by atoms with E-state index in [0.717, 1.165) is 29.7 Å². The molecule has 4 rings (SSSR count). The minimum Gasteiger partial charge on any atom is -0.490 e. The van der Waals surface area contributed by atoms with Crippen LogP contribution >= 0.6 is 0 Å². The molecule has 1 saturated heterocycles. The highest BCUT2D eigenvalue weighted by molar-refractivity contribution is 5.80. The van der Waals surface area contributed by atoms with Crippen molar-refractivity contribution in [2.75, 3.05) is 6.54 Å². The van der Waals surface area contributed by atoms with Crippen LogP contribution in [-0.4, -0.2) is 18.6 Å². The van der Waals surface area contributed by atoms with Gasteiger partial charge in [-0.3, -0.25) is 10.2 Å². The van der Waals surface area contributed by atoms with Crippen LogP contribution in [0.5, 0.6) is 5.75 Å². The maximum absolute atomic E-state index is 12.8. The normalized spacial score (nSPS) is 22.7. The lowest BCUT2D eigenvalue weighted by Gasteiger charge is -2.20. The van der Waals surface area contributed by atoms with Gasteiger partial charge in [-0.25, -0.2) is 5.43 Å². The molecule has 0 spiro atoms. The molecular weight excluding hydrogens is 338 g/mol.